The van der Waals surface area contributed by atoms with Crippen LogP contribution >= 0.6 is 0 Å². The predicted octanol–water partition coefficient (Wildman–Crippen LogP) is 0.696. The molecule has 0 spiro atoms. The number of hydrogen-bond acceptors (Lipinski definition) is 3. The van der Waals surface area contributed by atoms with E-state index in [1.165, 1.54) is 0 Å². The van der Waals surface area contributed by atoms with E-state index in [1.54, 1.807) is 6.92 Å². The molecule has 1 heterocycles. The van der Waals surface area contributed by atoms with Crippen LogP contribution in [0, 0.1) is 12.3 Å². The first kappa shape index (κ1) is 12.1. The van der Waals surface area contributed by atoms with Crippen LogP contribution < -0.4 is 11.1 Å². The van der Waals surface area contributed by atoms with Gasteiger partial charge in [-0.25, -0.2) is 0 Å². The number of carbonyl (C=O) groups excluding carboxylic acids is 1. The number of rotatable bonds is 4. The number of nitrogens with one attached hydrogen (secondary N) is 2. The average Bonchev–Trinajstić information content (AvgIpc) is 2.61. The molecule has 0 aliphatic carbocycles. The van der Waals surface area contributed by atoms with Crippen LogP contribution in [0.1, 0.15) is 36.5 Å². The Morgan fingerprint density at radius 1 is 1.75 bits per heavy atom. The van der Waals surface area contributed by atoms with E-state index in [-0.39, 0.29) is 17.6 Å². The lowest BCUT2D eigenvalue weighted by Gasteiger charge is -2.05. The van der Waals surface area contributed by atoms with Gasteiger partial charge in [-0.3, -0.25) is 9.89 Å². The standard InChI is InChI=1S/C11H16N4O/c1-4-6-8-9(12)10(15-14-8)11(16)13-7(3)5-2/h2,7H,4,6,12H2,1,3H3,(H,13,16)(H,14,15). The first-order chi connectivity index (χ1) is 7.60. The SMILES string of the molecule is C#CC(C)NC(=O)c1n[nH]c(CCC)c1N. The number of aryl methyl sites for hydroxylation is 1. The minimum absolute atomic E-state index is 0.213. The number of amides is 1. The summed E-state index contributed by atoms with van der Waals surface area (Å²) in [6, 6.07) is -0.335. The normalized spacial score (nSPS) is 11.8. The molecular formula is C11H16N4O. The zero-order valence-corrected chi connectivity index (χ0v) is 9.50. The van der Waals surface area contributed by atoms with Crippen molar-refractivity contribution in [3.63, 3.8) is 0 Å². The summed E-state index contributed by atoms with van der Waals surface area (Å²) in [5.41, 5.74) is 7.21. The highest BCUT2D eigenvalue weighted by atomic mass is 16.2. The molecule has 5 heteroatoms. The summed E-state index contributed by atoms with van der Waals surface area (Å²) in [7, 11) is 0. The van der Waals surface area contributed by atoms with E-state index < -0.39 is 0 Å². The Morgan fingerprint density at radius 3 is 3.00 bits per heavy atom. The van der Waals surface area contributed by atoms with Gasteiger partial charge in [0.1, 0.15) is 0 Å². The topological polar surface area (TPSA) is 83.8 Å². The van der Waals surface area contributed by atoms with Gasteiger partial charge in [-0.05, 0) is 13.3 Å². The number of terminal acetylenes is 1. The molecule has 0 bridgehead atoms. The van der Waals surface area contributed by atoms with Crippen LogP contribution in [0.3, 0.4) is 0 Å². The van der Waals surface area contributed by atoms with Crippen molar-refractivity contribution in [1.29, 1.82) is 0 Å². The molecule has 1 atom stereocenters. The molecule has 5 nitrogen and oxygen atoms in total. The van der Waals surface area contributed by atoms with E-state index in [2.05, 4.69) is 21.4 Å². The monoisotopic (exact) mass is 220 g/mol. The fourth-order valence-electron chi connectivity index (χ4n) is 1.31. The van der Waals surface area contributed by atoms with Gasteiger partial charge in [0.05, 0.1) is 17.4 Å². The summed E-state index contributed by atoms with van der Waals surface area (Å²) in [5, 5.41) is 9.26. The Hall–Kier alpha value is -1.96. The lowest BCUT2D eigenvalue weighted by atomic mass is 10.2. The molecule has 1 aromatic rings. The Morgan fingerprint density at radius 2 is 2.44 bits per heavy atom. The van der Waals surface area contributed by atoms with E-state index >= 15 is 0 Å². The van der Waals surface area contributed by atoms with E-state index in [4.69, 9.17) is 12.2 Å². The van der Waals surface area contributed by atoms with Gasteiger partial charge in [0.15, 0.2) is 5.69 Å². The molecule has 4 N–H and O–H groups in total. The van der Waals surface area contributed by atoms with Gasteiger partial charge < -0.3 is 11.1 Å². The van der Waals surface area contributed by atoms with Crippen LogP contribution in [0.4, 0.5) is 5.69 Å². The summed E-state index contributed by atoms with van der Waals surface area (Å²) in [5.74, 6) is 2.06. The van der Waals surface area contributed by atoms with Gasteiger partial charge in [-0.15, -0.1) is 6.42 Å². The fourth-order valence-corrected chi connectivity index (χ4v) is 1.31. The van der Waals surface area contributed by atoms with Crippen LogP contribution in [0.15, 0.2) is 0 Å². The third-order valence-electron chi connectivity index (χ3n) is 2.20. The van der Waals surface area contributed by atoms with Gasteiger partial charge in [-0.1, -0.05) is 19.3 Å². The van der Waals surface area contributed by atoms with Crippen molar-refractivity contribution in [2.75, 3.05) is 5.73 Å². The van der Waals surface area contributed by atoms with Crippen LogP contribution in [0.5, 0.6) is 0 Å². The molecule has 1 unspecified atom stereocenters. The number of aromatic amines is 1. The second-order valence-corrected chi connectivity index (χ2v) is 3.58. The number of H-pyrrole nitrogens is 1. The highest BCUT2D eigenvalue weighted by Crippen LogP contribution is 2.15. The minimum Gasteiger partial charge on any atom is -0.395 e. The second kappa shape index (κ2) is 5.21. The molecule has 1 amide bonds. The lowest BCUT2D eigenvalue weighted by Crippen LogP contribution is -2.32. The van der Waals surface area contributed by atoms with Gasteiger partial charge in [0.2, 0.25) is 0 Å². The molecule has 16 heavy (non-hydrogen) atoms. The van der Waals surface area contributed by atoms with Crippen molar-refractivity contribution in [2.24, 2.45) is 0 Å². The van der Waals surface area contributed by atoms with Crippen LogP contribution in [-0.4, -0.2) is 22.1 Å². The summed E-state index contributed by atoms with van der Waals surface area (Å²) < 4.78 is 0. The summed E-state index contributed by atoms with van der Waals surface area (Å²) in [6.45, 7) is 3.74. The molecule has 0 saturated heterocycles. The molecule has 1 aromatic heterocycles. The zero-order valence-electron chi connectivity index (χ0n) is 9.50. The summed E-state index contributed by atoms with van der Waals surface area (Å²) in [4.78, 5) is 11.7. The maximum absolute atomic E-state index is 11.7. The van der Waals surface area contributed by atoms with E-state index in [0.717, 1.165) is 18.5 Å². The number of carbonyl (C=O) groups is 1. The summed E-state index contributed by atoms with van der Waals surface area (Å²) >= 11 is 0. The molecular weight excluding hydrogens is 204 g/mol. The molecule has 0 aliphatic heterocycles. The van der Waals surface area contributed by atoms with Crippen molar-refractivity contribution in [1.82, 2.24) is 15.5 Å². The number of aromatic nitrogens is 2. The smallest absolute Gasteiger partial charge is 0.274 e. The van der Waals surface area contributed by atoms with Crippen molar-refractivity contribution in [2.45, 2.75) is 32.7 Å². The molecule has 0 radical (unpaired) electrons. The quantitative estimate of drug-likeness (QED) is 0.653. The fraction of sp³-hybridized carbons (Fsp3) is 0.455. The Bertz CT molecular complexity index is 416. The zero-order chi connectivity index (χ0) is 12.1. The van der Waals surface area contributed by atoms with Crippen LogP contribution in [0.25, 0.3) is 0 Å². The summed E-state index contributed by atoms with van der Waals surface area (Å²) in [6.07, 6.45) is 6.88. The molecule has 1 rings (SSSR count). The lowest BCUT2D eigenvalue weighted by molar-refractivity contribution is 0.0944. The molecule has 0 aromatic carbocycles. The van der Waals surface area contributed by atoms with Crippen molar-refractivity contribution in [3.05, 3.63) is 11.4 Å². The largest absolute Gasteiger partial charge is 0.395 e. The molecule has 86 valence electrons. The Labute approximate surface area is 94.8 Å². The van der Waals surface area contributed by atoms with E-state index in [0.29, 0.717) is 5.69 Å². The third kappa shape index (κ3) is 2.54. The number of nitrogens with two attached hydrogens (primary N) is 1. The molecule has 0 aliphatic rings. The Kier molecular flexibility index (Phi) is 3.95. The minimum atomic E-state index is -0.346. The number of anilines is 1. The van der Waals surface area contributed by atoms with Gasteiger partial charge >= 0.3 is 0 Å². The van der Waals surface area contributed by atoms with Crippen molar-refractivity contribution in [3.8, 4) is 12.3 Å². The van der Waals surface area contributed by atoms with Gasteiger partial charge in [-0.2, -0.15) is 5.10 Å². The highest BCUT2D eigenvalue weighted by molar-refractivity contribution is 5.97. The van der Waals surface area contributed by atoms with E-state index in [9.17, 15) is 4.79 Å². The van der Waals surface area contributed by atoms with E-state index in [1.807, 2.05) is 6.92 Å². The molecule has 0 saturated carbocycles. The molecule has 0 fully saturated rings. The number of nitrogens with zero attached hydrogens (tertiary/aromatic N) is 1. The highest BCUT2D eigenvalue weighted by Gasteiger charge is 2.17. The van der Waals surface area contributed by atoms with Crippen molar-refractivity contribution < 1.29 is 4.79 Å². The third-order valence-corrected chi connectivity index (χ3v) is 2.20. The van der Waals surface area contributed by atoms with Gasteiger partial charge in [0.25, 0.3) is 5.91 Å². The van der Waals surface area contributed by atoms with Crippen molar-refractivity contribution >= 4 is 11.6 Å². The first-order valence-electron chi connectivity index (χ1n) is 5.19. The maximum Gasteiger partial charge on any atom is 0.274 e. The predicted molar refractivity (Wildman–Crippen MR) is 62.8 cm³/mol. The van der Waals surface area contributed by atoms with Gasteiger partial charge in [0, 0.05) is 0 Å². The Balaban J connectivity index is 2.81. The van der Waals surface area contributed by atoms with Crippen LogP contribution in [-0.2, 0) is 6.42 Å². The number of hydrogen-bond donors (Lipinski definition) is 3. The maximum atomic E-state index is 11.7. The number of nitrogen functional groups attached to an aromatic ring is 1. The van der Waals surface area contributed by atoms with Crippen LogP contribution in [0.2, 0.25) is 0 Å². The second-order valence-electron chi connectivity index (χ2n) is 3.58. The first-order valence-corrected chi connectivity index (χ1v) is 5.19. The average molecular weight is 220 g/mol.